The van der Waals surface area contributed by atoms with Gasteiger partial charge in [-0.25, -0.2) is 9.78 Å². The van der Waals surface area contributed by atoms with Gasteiger partial charge in [0.2, 0.25) is 5.91 Å². The molecule has 0 saturated carbocycles. The van der Waals surface area contributed by atoms with Crippen LogP contribution in [0.4, 0.5) is 0 Å². The highest BCUT2D eigenvalue weighted by atomic mass is 16.4. The number of imidazole rings is 1. The van der Waals surface area contributed by atoms with Gasteiger partial charge in [0.1, 0.15) is 11.5 Å². The second kappa shape index (κ2) is 4.57. The fraction of sp³-hybridized carbons (Fsp3) is 0.545. The van der Waals surface area contributed by atoms with Crippen molar-refractivity contribution < 1.29 is 14.7 Å². The van der Waals surface area contributed by atoms with Crippen molar-refractivity contribution >= 4 is 11.9 Å². The molecule has 2 rings (SSSR count). The number of H-pyrrole nitrogens is 1. The minimum absolute atomic E-state index is 0.0553. The molecule has 2 N–H and O–H groups in total. The van der Waals surface area contributed by atoms with Crippen molar-refractivity contribution in [3.8, 4) is 0 Å². The molecular weight excluding hydrogens is 222 g/mol. The molecule has 6 heteroatoms. The van der Waals surface area contributed by atoms with Crippen molar-refractivity contribution in [3.05, 3.63) is 17.7 Å². The van der Waals surface area contributed by atoms with Gasteiger partial charge in [0, 0.05) is 25.9 Å². The number of rotatable bonds is 2. The van der Waals surface area contributed by atoms with Crippen molar-refractivity contribution in [3.63, 3.8) is 0 Å². The lowest BCUT2D eigenvalue weighted by Gasteiger charge is -2.30. The standard InChI is InChI=1S/C11H15N3O3/c1-7(15)14-4-2-3-8(6-14)10-12-5-9(13-10)11(16)17/h5,8H,2-4,6H2,1H3,(H,12,13)(H,16,17). The van der Waals surface area contributed by atoms with Crippen molar-refractivity contribution in [2.45, 2.75) is 25.7 Å². The number of aromatic amines is 1. The van der Waals surface area contributed by atoms with E-state index in [9.17, 15) is 9.59 Å². The molecular formula is C11H15N3O3. The summed E-state index contributed by atoms with van der Waals surface area (Å²) in [7, 11) is 0. The van der Waals surface area contributed by atoms with E-state index in [4.69, 9.17) is 5.11 Å². The molecule has 1 atom stereocenters. The molecule has 1 aliphatic heterocycles. The molecule has 0 spiro atoms. The van der Waals surface area contributed by atoms with Gasteiger partial charge in [0.15, 0.2) is 0 Å². The quantitative estimate of drug-likeness (QED) is 0.797. The van der Waals surface area contributed by atoms with Crippen LogP contribution in [0.15, 0.2) is 6.20 Å². The Balaban J connectivity index is 2.10. The SMILES string of the molecule is CC(=O)N1CCCC(c2ncc(C(=O)O)[nH]2)C1. The first-order valence-electron chi connectivity index (χ1n) is 5.61. The van der Waals surface area contributed by atoms with E-state index in [1.165, 1.54) is 6.20 Å². The zero-order valence-electron chi connectivity index (χ0n) is 9.64. The summed E-state index contributed by atoms with van der Waals surface area (Å²) < 4.78 is 0. The van der Waals surface area contributed by atoms with Crippen LogP contribution >= 0.6 is 0 Å². The summed E-state index contributed by atoms with van der Waals surface area (Å²) in [5.41, 5.74) is 0.0972. The molecule has 1 fully saturated rings. The summed E-state index contributed by atoms with van der Waals surface area (Å²) in [4.78, 5) is 30.7. The lowest BCUT2D eigenvalue weighted by atomic mass is 9.97. The van der Waals surface area contributed by atoms with Crippen LogP contribution < -0.4 is 0 Å². The molecule has 17 heavy (non-hydrogen) atoms. The summed E-state index contributed by atoms with van der Waals surface area (Å²) in [6, 6.07) is 0. The fourth-order valence-corrected chi connectivity index (χ4v) is 2.14. The van der Waals surface area contributed by atoms with Crippen LogP contribution in [0.1, 0.15) is 42.0 Å². The number of nitrogens with zero attached hydrogens (tertiary/aromatic N) is 2. The predicted molar refractivity (Wildman–Crippen MR) is 59.8 cm³/mol. The highest BCUT2D eigenvalue weighted by Crippen LogP contribution is 2.24. The van der Waals surface area contributed by atoms with E-state index in [1.807, 2.05) is 0 Å². The molecule has 92 valence electrons. The van der Waals surface area contributed by atoms with Crippen molar-refractivity contribution in [1.82, 2.24) is 14.9 Å². The summed E-state index contributed by atoms with van der Waals surface area (Å²) >= 11 is 0. The molecule has 2 heterocycles. The average Bonchev–Trinajstić information content (AvgIpc) is 2.78. The fourth-order valence-electron chi connectivity index (χ4n) is 2.14. The lowest BCUT2D eigenvalue weighted by molar-refractivity contribution is -0.130. The first kappa shape index (κ1) is 11.6. The number of aromatic carboxylic acids is 1. The first-order valence-corrected chi connectivity index (χ1v) is 5.61. The second-order valence-electron chi connectivity index (χ2n) is 4.29. The highest BCUT2D eigenvalue weighted by Gasteiger charge is 2.25. The third-order valence-electron chi connectivity index (χ3n) is 3.08. The van der Waals surface area contributed by atoms with Crippen molar-refractivity contribution in [2.75, 3.05) is 13.1 Å². The number of nitrogens with one attached hydrogen (secondary N) is 1. The van der Waals surface area contributed by atoms with E-state index in [-0.39, 0.29) is 17.5 Å². The number of carbonyl (C=O) groups excluding carboxylic acids is 1. The van der Waals surface area contributed by atoms with Gasteiger partial charge in [-0.2, -0.15) is 0 Å². The van der Waals surface area contributed by atoms with Gasteiger partial charge in [0.25, 0.3) is 0 Å². The Morgan fingerprint density at radius 3 is 2.94 bits per heavy atom. The number of likely N-dealkylation sites (tertiary alicyclic amines) is 1. The van der Waals surface area contributed by atoms with Gasteiger partial charge in [0.05, 0.1) is 6.20 Å². The first-order chi connectivity index (χ1) is 8.08. The summed E-state index contributed by atoms with van der Waals surface area (Å²) in [6.45, 7) is 2.94. The van der Waals surface area contributed by atoms with Gasteiger partial charge in [-0.05, 0) is 12.8 Å². The van der Waals surface area contributed by atoms with E-state index in [0.717, 1.165) is 19.4 Å². The molecule has 0 bridgehead atoms. The van der Waals surface area contributed by atoms with Crippen LogP contribution in [-0.4, -0.2) is 44.9 Å². The Bertz CT molecular complexity index is 441. The van der Waals surface area contributed by atoms with Gasteiger partial charge < -0.3 is 15.0 Å². The Labute approximate surface area is 98.7 Å². The molecule has 1 unspecified atom stereocenters. The number of aromatic nitrogens is 2. The molecule has 1 aromatic rings. The third kappa shape index (κ3) is 2.46. The molecule has 0 aliphatic carbocycles. The normalized spacial score (nSPS) is 20.3. The molecule has 6 nitrogen and oxygen atoms in total. The topological polar surface area (TPSA) is 86.3 Å². The van der Waals surface area contributed by atoms with Crippen LogP contribution in [0.25, 0.3) is 0 Å². The van der Waals surface area contributed by atoms with Crippen LogP contribution in [-0.2, 0) is 4.79 Å². The molecule has 0 radical (unpaired) electrons. The Hall–Kier alpha value is -1.85. The van der Waals surface area contributed by atoms with Gasteiger partial charge in [-0.1, -0.05) is 0 Å². The summed E-state index contributed by atoms with van der Waals surface area (Å²) in [5.74, 6) is -0.184. The Morgan fingerprint density at radius 2 is 2.35 bits per heavy atom. The van der Waals surface area contributed by atoms with Gasteiger partial charge in [-0.15, -0.1) is 0 Å². The highest BCUT2D eigenvalue weighted by molar-refractivity contribution is 5.85. The van der Waals surface area contributed by atoms with Crippen LogP contribution in [0.5, 0.6) is 0 Å². The van der Waals surface area contributed by atoms with E-state index in [2.05, 4.69) is 9.97 Å². The number of piperidine rings is 1. The number of carboxylic acids is 1. The average molecular weight is 237 g/mol. The van der Waals surface area contributed by atoms with Gasteiger partial charge >= 0.3 is 5.97 Å². The Kier molecular flexibility index (Phi) is 3.12. The van der Waals surface area contributed by atoms with Crippen molar-refractivity contribution in [2.24, 2.45) is 0 Å². The maximum Gasteiger partial charge on any atom is 0.353 e. The number of amides is 1. The maximum atomic E-state index is 11.3. The number of carboxylic acid groups (broad SMARTS) is 1. The van der Waals surface area contributed by atoms with Crippen molar-refractivity contribution in [1.29, 1.82) is 0 Å². The van der Waals surface area contributed by atoms with E-state index >= 15 is 0 Å². The number of hydrogen-bond donors (Lipinski definition) is 2. The molecule has 1 aromatic heterocycles. The van der Waals surface area contributed by atoms with Crippen LogP contribution in [0.3, 0.4) is 0 Å². The maximum absolute atomic E-state index is 11.3. The monoisotopic (exact) mass is 237 g/mol. The van der Waals surface area contributed by atoms with Crippen LogP contribution in [0, 0.1) is 0 Å². The molecule has 1 amide bonds. The number of carbonyl (C=O) groups is 2. The minimum atomic E-state index is -1.01. The predicted octanol–water partition coefficient (Wildman–Crippen LogP) is 0.834. The van der Waals surface area contributed by atoms with E-state index < -0.39 is 5.97 Å². The van der Waals surface area contributed by atoms with E-state index in [0.29, 0.717) is 12.4 Å². The molecule has 0 aromatic carbocycles. The third-order valence-corrected chi connectivity index (χ3v) is 3.08. The summed E-state index contributed by atoms with van der Waals surface area (Å²) in [5, 5.41) is 8.80. The number of hydrogen-bond acceptors (Lipinski definition) is 3. The second-order valence-corrected chi connectivity index (χ2v) is 4.29. The van der Waals surface area contributed by atoms with E-state index in [1.54, 1.807) is 11.8 Å². The molecule has 1 aliphatic rings. The zero-order valence-corrected chi connectivity index (χ0v) is 9.64. The Morgan fingerprint density at radius 1 is 1.59 bits per heavy atom. The smallest absolute Gasteiger partial charge is 0.353 e. The van der Waals surface area contributed by atoms with Crippen LogP contribution in [0.2, 0.25) is 0 Å². The lowest BCUT2D eigenvalue weighted by Crippen LogP contribution is -2.37. The van der Waals surface area contributed by atoms with Gasteiger partial charge in [-0.3, -0.25) is 4.79 Å². The largest absolute Gasteiger partial charge is 0.477 e. The molecule has 1 saturated heterocycles. The zero-order chi connectivity index (χ0) is 12.4. The summed E-state index contributed by atoms with van der Waals surface area (Å²) in [6.07, 6.45) is 3.17. The minimum Gasteiger partial charge on any atom is -0.477 e.